The summed E-state index contributed by atoms with van der Waals surface area (Å²) in [5.74, 6) is 0.289. The lowest BCUT2D eigenvalue weighted by molar-refractivity contribution is -0.147. The molecule has 5 heteroatoms. The number of amides is 2. The maximum absolute atomic E-state index is 13.3. The zero-order valence-corrected chi connectivity index (χ0v) is 17.7. The van der Waals surface area contributed by atoms with Gasteiger partial charge in [0.25, 0.3) is 0 Å². The first kappa shape index (κ1) is 20.6. The fraction of sp³-hybridized carbons (Fsp3) is 0.478. The molecule has 0 aliphatic heterocycles. The standard InChI is InChI=1S/C23H30N2O2S/c1-3-18(2)25(23(27)20-11-7-12-20)17-22(26)24(16-21-13-8-14-28-21)15-19-9-5-4-6-10-19/h4-6,8-10,13-14,18,20H,3,7,11-12,15-17H2,1-2H3/t18-/m0/s1. The molecule has 28 heavy (non-hydrogen) atoms. The lowest BCUT2D eigenvalue weighted by Crippen LogP contribution is -2.49. The highest BCUT2D eigenvalue weighted by Gasteiger charge is 2.33. The Labute approximate surface area is 172 Å². The van der Waals surface area contributed by atoms with Gasteiger partial charge in [-0.3, -0.25) is 9.59 Å². The molecule has 0 bridgehead atoms. The molecule has 1 aliphatic rings. The van der Waals surface area contributed by atoms with Gasteiger partial charge in [0.1, 0.15) is 6.54 Å². The van der Waals surface area contributed by atoms with Gasteiger partial charge < -0.3 is 9.80 Å². The molecule has 0 saturated heterocycles. The van der Waals surface area contributed by atoms with Gasteiger partial charge in [-0.15, -0.1) is 11.3 Å². The van der Waals surface area contributed by atoms with E-state index in [0.29, 0.717) is 13.1 Å². The van der Waals surface area contributed by atoms with E-state index >= 15 is 0 Å². The minimum absolute atomic E-state index is 0.0187. The number of thiophene rings is 1. The van der Waals surface area contributed by atoms with Crippen LogP contribution in [0.3, 0.4) is 0 Å². The Kier molecular flexibility index (Phi) is 7.26. The van der Waals surface area contributed by atoms with E-state index in [1.807, 2.05) is 58.5 Å². The van der Waals surface area contributed by atoms with Crippen LogP contribution in [0.5, 0.6) is 0 Å². The van der Waals surface area contributed by atoms with E-state index in [1.165, 1.54) is 0 Å². The molecule has 4 nitrogen and oxygen atoms in total. The van der Waals surface area contributed by atoms with Crippen molar-refractivity contribution in [2.45, 2.75) is 58.7 Å². The molecule has 2 aromatic rings. The number of nitrogens with zero attached hydrogens (tertiary/aromatic N) is 2. The average Bonchev–Trinajstić information content (AvgIpc) is 3.17. The summed E-state index contributed by atoms with van der Waals surface area (Å²) in [7, 11) is 0. The summed E-state index contributed by atoms with van der Waals surface area (Å²) in [5.41, 5.74) is 1.10. The van der Waals surface area contributed by atoms with Crippen LogP contribution in [0, 0.1) is 5.92 Å². The molecule has 2 amide bonds. The van der Waals surface area contributed by atoms with Gasteiger partial charge in [-0.25, -0.2) is 0 Å². The largest absolute Gasteiger partial charge is 0.332 e. The van der Waals surface area contributed by atoms with E-state index in [9.17, 15) is 9.59 Å². The highest BCUT2D eigenvalue weighted by molar-refractivity contribution is 7.09. The van der Waals surface area contributed by atoms with Crippen LogP contribution < -0.4 is 0 Å². The molecule has 1 aromatic heterocycles. The number of hydrogen-bond donors (Lipinski definition) is 0. The Balaban J connectivity index is 1.74. The zero-order valence-electron chi connectivity index (χ0n) is 16.8. The van der Waals surface area contributed by atoms with Gasteiger partial charge in [-0.2, -0.15) is 0 Å². The first-order valence-electron chi connectivity index (χ1n) is 10.2. The van der Waals surface area contributed by atoms with Gasteiger partial charge in [0, 0.05) is 23.4 Å². The molecule has 3 rings (SSSR count). The first-order valence-corrected chi connectivity index (χ1v) is 11.1. The summed E-state index contributed by atoms with van der Waals surface area (Å²) in [4.78, 5) is 31.0. The van der Waals surface area contributed by atoms with Crippen LogP contribution in [0.15, 0.2) is 47.8 Å². The van der Waals surface area contributed by atoms with E-state index in [4.69, 9.17) is 0 Å². The fourth-order valence-corrected chi connectivity index (χ4v) is 4.15. The van der Waals surface area contributed by atoms with Crippen molar-refractivity contribution in [1.29, 1.82) is 0 Å². The number of hydrogen-bond acceptors (Lipinski definition) is 3. The monoisotopic (exact) mass is 398 g/mol. The van der Waals surface area contributed by atoms with Crippen molar-refractivity contribution >= 4 is 23.2 Å². The van der Waals surface area contributed by atoms with Crippen LogP contribution in [0.1, 0.15) is 50.0 Å². The van der Waals surface area contributed by atoms with E-state index in [1.54, 1.807) is 11.3 Å². The third-order valence-electron chi connectivity index (χ3n) is 5.66. The summed E-state index contributed by atoms with van der Waals surface area (Å²) in [6.45, 7) is 5.43. The van der Waals surface area contributed by atoms with Gasteiger partial charge >= 0.3 is 0 Å². The zero-order chi connectivity index (χ0) is 19.9. The second kappa shape index (κ2) is 9.87. The molecule has 0 unspecified atom stereocenters. The van der Waals surface area contributed by atoms with Crippen molar-refractivity contribution in [3.63, 3.8) is 0 Å². The summed E-state index contributed by atoms with van der Waals surface area (Å²) in [6.07, 6.45) is 3.90. The van der Waals surface area contributed by atoms with Crippen molar-refractivity contribution in [1.82, 2.24) is 9.80 Å². The lowest BCUT2D eigenvalue weighted by atomic mass is 9.84. The molecule has 1 heterocycles. The Morgan fingerprint density at radius 1 is 1.11 bits per heavy atom. The number of rotatable bonds is 9. The van der Waals surface area contributed by atoms with E-state index < -0.39 is 0 Å². The van der Waals surface area contributed by atoms with Crippen molar-refractivity contribution in [2.75, 3.05) is 6.54 Å². The van der Waals surface area contributed by atoms with Crippen molar-refractivity contribution in [2.24, 2.45) is 5.92 Å². The van der Waals surface area contributed by atoms with Gasteiger partial charge in [0.05, 0.1) is 6.54 Å². The Morgan fingerprint density at radius 3 is 2.43 bits per heavy atom. The minimum Gasteiger partial charge on any atom is -0.332 e. The van der Waals surface area contributed by atoms with Crippen LogP contribution >= 0.6 is 11.3 Å². The Hall–Kier alpha value is -2.14. The van der Waals surface area contributed by atoms with Gasteiger partial charge in [-0.1, -0.05) is 49.7 Å². The minimum atomic E-state index is 0.0187. The predicted molar refractivity (Wildman–Crippen MR) is 114 cm³/mol. The highest BCUT2D eigenvalue weighted by atomic mass is 32.1. The van der Waals surface area contributed by atoms with Crippen LogP contribution in [0.4, 0.5) is 0 Å². The maximum Gasteiger partial charge on any atom is 0.242 e. The second-order valence-corrected chi connectivity index (χ2v) is 8.70. The summed E-state index contributed by atoms with van der Waals surface area (Å²) < 4.78 is 0. The number of carbonyl (C=O) groups is 2. The molecular weight excluding hydrogens is 368 g/mol. The van der Waals surface area contributed by atoms with Gasteiger partial charge in [0.15, 0.2) is 0 Å². The van der Waals surface area contributed by atoms with E-state index in [2.05, 4.69) is 13.0 Å². The van der Waals surface area contributed by atoms with Crippen LogP contribution in [-0.4, -0.2) is 34.2 Å². The molecule has 0 radical (unpaired) electrons. The average molecular weight is 399 g/mol. The summed E-state index contributed by atoms with van der Waals surface area (Å²) in [6, 6.07) is 14.2. The number of carbonyl (C=O) groups excluding carboxylic acids is 2. The summed E-state index contributed by atoms with van der Waals surface area (Å²) in [5, 5.41) is 2.03. The molecule has 1 fully saturated rings. The first-order chi connectivity index (χ1) is 13.6. The molecule has 150 valence electrons. The van der Waals surface area contributed by atoms with Gasteiger partial charge in [0.2, 0.25) is 11.8 Å². The third kappa shape index (κ3) is 5.22. The Morgan fingerprint density at radius 2 is 1.86 bits per heavy atom. The fourth-order valence-electron chi connectivity index (χ4n) is 3.43. The Bertz CT molecular complexity index is 756. The molecule has 1 aliphatic carbocycles. The van der Waals surface area contributed by atoms with Crippen molar-refractivity contribution in [3.8, 4) is 0 Å². The van der Waals surface area contributed by atoms with Crippen LogP contribution in [-0.2, 0) is 22.7 Å². The van der Waals surface area contributed by atoms with Crippen LogP contribution in [0.25, 0.3) is 0 Å². The molecule has 1 atom stereocenters. The normalized spacial score (nSPS) is 14.9. The van der Waals surface area contributed by atoms with E-state index in [0.717, 1.165) is 36.1 Å². The second-order valence-electron chi connectivity index (χ2n) is 7.67. The molecule has 0 N–H and O–H groups in total. The summed E-state index contributed by atoms with van der Waals surface area (Å²) >= 11 is 1.66. The third-order valence-corrected chi connectivity index (χ3v) is 6.52. The number of benzene rings is 1. The van der Waals surface area contributed by atoms with Crippen LogP contribution in [0.2, 0.25) is 0 Å². The molecular formula is C23H30N2O2S. The maximum atomic E-state index is 13.3. The molecule has 1 saturated carbocycles. The lowest BCUT2D eigenvalue weighted by Gasteiger charge is -2.36. The van der Waals surface area contributed by atoms with E-state index in [-0.39, 0.29) is 30.3 Å². The topological polar surface area (TPSA) is 40.6 Å². The quantitative estimate of drug-likeness (QED) is 0.614. The van der Waals surface area contributed by atoms with Gasteiger partial charge in [-0.05, 0) is 43.2 Å². The predicted octanol–water partition coefficient (Wildman–Crippen LogP) is 4.70. The smallest absolute Gasteiger partial charge is 0.242 e. The van der Waals surface area contributed by atoms with Crippen molar-refractivity contribution in [3.05, 3.63) is 58.3 Å². The SMILES string of the molecule is CC[C@H](C)N(CC(=O)N(Cc1ccccc1)Cc1cccs1)C(=O)C1CCC1. The molecule has 1 aromatic carbocycles. The molecule has 0 spiro atoms. The van der Waals surface area contributed by atoms with Crippen molar-refractivity contribution < 1.29 is 9.59 Å². The highest BCUT2D eigenvalue weighted by Crippen LogP contribution is 2.29.